The second kappa shape index (κ2) is 7.33. The zero-order valence-corrected chi connectivity index (χ0v) is 15.4. The van der Waals surface area contributed by atoms with E-state index in [1.807, 2.05) is 12.1 Å². The first-order valence-corrected chi connectivity index (χ1v) is 10.2. The molecule has 0 saturated carbocycles. The van der Waals surface area contributed by atoms with Crippen LogP contribution in [0.15, 0.2) is 48.5 Å². The van der Waals surface area contributed by atoms with E-state index >= 15 is 0 Å². The van der Waals surface area contributed by atoms with Gasteiger partial charge in [-0.15, -0.1) is 0 Å². The van der Waals surface area contributed by atoms with Gasteiger partial charge in [0, 0.05) is 48.9 Å². The van der Waals surface area contributed by atoms with Crippen molar-refractivity contribution < 1.29 is 8.42 Å². The predicted molar refractivity (Wildman–Crippen MR) is 104 cm³/mol. The molecule has 1 fully saturated rings. The highest BCUT2D eigenvalue weighted by Crippen LogP contribution is 2.23. The fourth-order valence-corrected chi connectivity index (χ4v) is 3.39. The van der Waals surface area contributed by atoms with Gasteiger partial charge < -0.3 is 15.1 Å². The minimum absolute atomic E-state index is 0.554. The van der Waals surface area contributed by atoms with Crippen molar-refractivity contribution in [3.8, 4) is 0 Å². The van der Waals surface area contributed by atoms with Crippen LogP contribution in [0.3, 0.4) is 0 Å². The van der Waals surface area contributed by atoms with Gasteiger partial charge in [-0.05, 0) is 55.6 Å². The molecule has 2 aromatic carbocycles. The summed E-state index contributed by atoms with van der Waals surface area (Å²) in [5.41, 5.74) is 3.71. The summed E-state index contributed by atoms with van der Waals surface area (Å²) in [5, 5.41) is 3.33. The van der Waals surface area contributed by atoms with Gasteiger partial charge >= 0.3 is 0 Å². The normalized spacial score (nSPS) is 15.8. The molecule has 7 heteroatoms. The maximum atomic E-state index is 11.2. The molecular weight excluding hydrogens is 336 g/mol. The highest BCUT2D eigenvalue weighted by atomic mass is 32.2. The van der Waals surface area contributed by atoms with Crippen LogP contribution in [0.2, 0.25) is 0 Å². The number of likely N-dealkylation sites (N-methyl/N-ethyl adjacent to an activating group) is 1. The molecule has 0 unspecified atom stereocenters. The highest BCUT2D eigenvalue weighted by molar-refractivity contribution is 7.92. The highest BCUT2D eigenvalue weighted by Gasteiger charge is 2.13. The van der Waals surface area contributed by atoms with E-state index in [0.29, 0.717) is 5.69 Å². The van der Waals surface area contributed by atoms with Crippen LogP contribution in [0.5, 0.6) is 0 Å². The van der Waals surface area contributed by atoms with Gasteiger partial charge in [0.15, 0.2) is 0 Å². The average Bonchev–Trinajstić information content (AvgIpc) is 2.57. The number of anilines is 4. The summed E-state index contributed by atoms with van der Waals surface area (Å²) >= 11 is 0. The molecule has 25 heavy (non-hydrogen) atoms. The van der Waals surface area contributed by atoms with E-state index < -0.39 is 10.0 Å². The van der Waals surface area contributed by atoms with E-state index in [1.165, 1.54) is 5.69 Å². The summed E-state index contributed by atoms with van der Waals surface area (Å²) in [5.74, 6) is 0. The molecule has 1 heterocycles. The molecule has 0 aliphatic carbocycles. The van der Waals surface area contributed by atoms with Gasteiger partial charge in [-0.3, -0.25) is 4.72 Å². The summed E-state index contributed by atoms with van der Waals surface area (Å²) in [6.45, 7) is 4.29. The number of sulfonamides is 1. The number of benzene rings is 2. The molecule has 2 N–H and O–H groups in total. The third kappa shape index (κ3) is 5.11. The molecule has 0 bridgehead atoms. The molecule has 1 aliphatic rings. The largest absolute Gasteiger partial charge is 0.369 e. The molecule has 134 valence electrons. The Morgan fingerprint density at radius 2 is 1.28 bits per heavy atom. The third-order valence-electron chi connectivity index (χ3n) is 4.21. The van der Waals surface area contributed by atoms with Crippen molar-refractivity contribution in [1.29, 1.82) is 0 Å². The smallest absolute Gasteiger partial charge is 0.229 e. The lowest BCUT2D eigenvalue weighted by Gasteiger charge is -2.34. The summed E-state index contributed by atoms with van der Waals surface area (Å²) in [4.78, 5) is 4.74. The second-order valence-corrected chi connectivity index (χ2v) is 8.16. The molecule has 1 aliphatic heterocycles. The van der Waals surface area contributed by atoms with Gasteiger partial charge in [0.1, 0.15) is 0 Å². The first kappa shape index (κ1) is 17.6. The van der Waals surface area contributed by atoms with E-state index in [-0.39, 0.29) is 0 Å². The van der Waals surface area contributed by atoms with E-state index in [4.69, 9.17) is 0 Å². The number of rotatable bonds is 5. The van der Waals surface area contributed by atoms with Gasteiger partial charge in [0.2, 0.25) is 10.0 Å². The molecule has 0 aromatic heterocycles. The van der Waals surface area contributed by atoms with E-state index in [1.54, 1.807) is 12.1 Å². The fraction of sp³-hybridized carbons (Fsp3) is 0.333. The molecular formula is C18H24N4O2S. The number of hydrogen-bond donors (Lipinski definition) is 2. The lowest BCUT2D eigenvalue weighted by molar-refractivity contribution is 0.313. The average molecular weight is 360 g/mol. The summed E-state index contributed by atoms with van der Waals surface area (Å²) in [6.07, 6.45) is 1.14. The van der Waals surface area contributed by atoms with Crippen molar-refractivity contribution in [1.82, 2.24) is 4.90 Å². The van der Waals surface area contributed by atoms with Gasteiger partial charge in [0.05, 0.1) is 6.26 Å². The van der Waals surface area contributed by atoms with E-state index in [2.05, 4.69) is 51.2 Å². The molecule has 2 aromatic rings. The van der Waals surface area contributed by atoms with Gasteiger partial charge in [0.25, 0.3) is 0 Å². The van der Waals surface area contributed by atoms with Crippen molar-refractivity contribution >= 4 is 32.8 Å². The van der Waals surface area contributed by atoms with Crippen molar-refractivity contribution in [2.24, 2.45) is 0 Å². The quantitative estimate of drug-likeness (QED) is 0.858. The Morgan fingerprint density at radius 1 is 0.800 bits per heavy atom. The number of nitrogens with zero attached hydrogens (tertiary/aromatic N) is 2. The maximum absolute atomic E-state index is 11.2. The van der Waals surface area contributed by atoms with Gasteiger partial charge in [-0.1, -0.05) is 0 Å². The minimum Gasteiger partial charge on any atom is -0.369 e. The van der Waals surface area contributed by atoms with Crippen LogP contribution < -0.4 is 14.9 Å². The van der Waals surface area contributed by atoms with Crippen molar-refractivity contribution in [2.45, 2.75) is 0 Å². The fourth-order valence-electron chi connectivity index (χ4n) is 2.82. The van der Waals surface area contributed by atoms with Crippen LogP contribution in [0, 0.1) is 0 Å². The van der Waals surface area contributed by atoms with Crippen LogP contribution in [0.4, 0.5) is 22.7 Å². The number of nitrogens with one attached hydrogen (secondary N) is 2. The molecule has 0 amide bonds. The van der Waals surface area contributed by atoms with E-state index in [0.717, 1.165) is 43.8 Å². The van der Waals surface area contributed by atoms with Gasteiger partial charge in [-0.2, -0.15) is 0 Å². The van der Waals surface area contributed by atoms with Crippen LogP contribution >= 0.6 is 0 Å². The summed E-state index contributed by atoms with van der Waals surface area (Å²) in [7, 11) is -1.09. The second-order valence-electron chi connectivity index (χ2n) is 6.41. The maximum Gasteiger partial charge on any atom is 0.229 e. The van der Waals surface area contributed by atoms with Crippen LogP contribution in [0.1, 0.15) is 0 Å². The molecule has 0 atom stereocenters. The van der Waals surface area contributed by atoms with Gasteiger partial charge in [-0.25, -0.2) is 8.42 Å². The Hall–Kier alpha value is -2.25. The Kier molecular flexibility index (Phi) is 5.15. The lowest BCUT2D eigenvalue weighted by Crippen LogP contribution is -2.44. The van der Waals surface area contributed by atoms with Crippen molar-refractivity contribution in [3.63, 3.8) is 0 Å². The minimum atomic E-state index is -3.25. The summed E-state index contributed by atoms with van der Waals surface area (Å²) < 4.78 is 24.9. The Morgan fingerprint density at radius 3 is 1.80 bits per heavy atom. The molecule has 3 rings (SSSR count). The van der Waals surface area contributed by atoms with Crippen molar-refractivity contribution in [3.05, 3.63) is 48.5 Å². The monoisotopic (exact) mass is 360 g/mol. The molecule has 0 radical (unpaired) electrons. The first-order valence-electron chi connectivity index (χ1n) is 8.27. The number of piperazine rings is 1. The van der Waals surface area contributed by atoms with Crippen LogP contribution in [0.25, 0.3) is 0 Å². The summed E-state index contributed by atoms with van der Waals surface area (Å²) in [6, 6.07) is 15.6. The van der Waals surface area contributed by atoms with E-state index in [9.17, 15) is 8.42 Å². The number of hydrogen-bond acceptors (Lipinski definition) is 5. The Labute approximate surface area is 149 Å². The zero-order valence-electron chi connectivity index (χ0n) is 14.6. The standard InChI is InChI=1S/C18H24N4O2S/c1-21-11-13-22(14-12-21)18-9-7-16(8-10-18)19-15-3-5-17(6-4-15)20-25(2,23)24/h3-10,19-20H,11-14H2,1-2H3. The topological polar surface area (TPSA) is 64.7 Å². The van der Waals surface area contributed by atoms with Crippen molar-refractivity contribution in [2.75, 3.05) is 54.4 Å². The SMILES string of the molecule is CN1CCN(c2ccc(Nc3ccc(NS(C)(=O)=O)cc3)cc2)CC1. The molecule has 0 spiro atoms. The first-order chi connectivity index (χ1) is 11.9. The van der Waals surface area contributed by atoms with Crippen LogP contribution in [-0.4, -0.2) is 52.8 Å². The third-order valence-corrected chi connectivity index (χ3v) is 4.82. The Balaban J connectivity index is 1.61. The molecule has 6 nitrogen and oxygen atoms in total. The molecule has 1 saturated heterocycles. The Bertz CT molecular complexity index is 796. The lowest BCUT2D eigenvalue weighted by atomic mass is 10.2. The van der Waals surface area contributed by atoms with Crippen LogP contribution in [-0.2, 0) is 10.0 Å². The zero-order chi connectivity index (χ0) is 17.9. The predicted octanol–water partition coefficient (Wildman–Crippen LogP) is 2.55.